The third-order valence-corrected chi connectivity index (χ3v) is 24.4. The van der Waals surface area contributed by atoms with Crippen LogP contribution in [0.4, 0.5) is 0 Å². The molecule has 0 aromatic heterocycles. The maximum absolute atomic E-state index is 2.49. The number of fused-ring (bicyclic) bond motifs is 18. The number of benzene rings is 16. The minimum Gasteiger partial charge on any atom is -0.0622 e. The van der Waals surface area contributed by atoms with Gasteiger partial charge in [-0.2, -0.15) is 0 Å². The lowest BCUT2D eigenvalue weighted by Gasteiger charge is -2.26. The van der Waals surface area contributed by atoms with E-state index in [1.165, 1.54) is 204 Å². The Labute approximate surface area is 606 Å². The van der Waals surface area contributed by atoms with Crippen LogP contribution in [0.1, 0.15) is 125 Å². The summed E-state index contributed by atoms with van der Waals surface area (Å²) in [5, 5.41) is 10.1. The van der Waals surface area contributed by atoms with E-state index in [4.69, 9.17) is 0 Å². The topological polar surface area (TPSA) is 0 Å². The summed E-state index contributed by atoms with van der Waals surface area (Å²) in [5.74, 6) is 0.416. The van der Waals surface area contributed by atoms with Gasteiger partial charge in [0.1, 0.15) is 0 Å². The molecule has 16 aromatic carbocycles. The molecule has 0 saturated carbocycles. The van der Waals surface area contributed by atoms with Crippen LogP contribution in [0.2, 0.25) is 0 Å². The molecule has 494 valence electrons. The van der Waals surface area contributed by atoms with Crippen molar-refractivity contribution in [3.8, 4) is 111 Å². The molecule has 4 aliphatic carbocycles. The highest BCUT2D eigenvalue weighted by Gasteiger charge is 2.46. The molecular formula is C103H82. The van der Waals surface area contributed by atoms with Gasteiger partial charge in [-0.15, -0.1) is 0 Å². The zero-order valence-corrected chi connectivity index (χ0v) is 60.5. The highest BCUT2D eigenvalue weighted by Crippen LogP contribution is 2.62. The molecule has 0 fully saturated rings. The molecule has 0 amide bonds. The van der Waals surface area contributed by atoms with E-state index in [0.29, 0.717) is 5.92 Å². The molecule has 20 rings (SSSR count). The summed E-state index contributed by atoms with van der Waals surface area (Å²) in [4.78, 5) is 0. The van der Waals surface area contributed by atoms with Gasteiger partial charge in [-0.25, -0.2) is 0 Å². The van der Waals surface area contributed by atoms with Gasteiger partial charge in [-0.3, -0.25) is 0 Å². The predicted octanol–water partition coefficient (Wildman–Crippen LogP) is 28.3. The van der Waals surface area contributed by atoms with Gasteiger partial charge in [0.05, 0.1) is 0 Å². The van der Waals surface area contributed by atoms with Gasteiger partial charge in [0.15, 0.2) is 0 Å². The van der Waals surface area contributed by atoms with Crippen LogP contribution in [0, 0.1) is 0 Å². The minimum atomic E-state index is -0.108. The monoisotopic (exact) mass is 1320 g/mol. The molecule has 0 radical (unpaired) electrons. The quantitative estimate of drug-likeness (QED) is 0.149. The molecule has 0 atom stereocenters. The molecule has 0 nitrogen and oxygen atoms in total. The Morgan fingerprint density at radius 3 is 1.19 bits per heavy atom. The van der Waals surface area contributed by atoms with Crippen molar-refractivity contribution in [1.82, 2.24) is 0 Å². The van der Waals surface area contributed by atoms with Crippen LogP contribution in [0.3, 0.4) is 0 Å². The Kier molecular flexibility index (Phi) is 14.0. The molecule has 0 unspecified atom stereocenters. The van der Waals surface area contributed by atoms with Crippen LogP contribution < -0.4 is 0 Å². The van der Waals surface area contributed by atoms with Crippen molar-refractivity contribution in [3.05, 3.63) is 359 Å². The lowest BCUT2D eigenvalue weighted by atomic mass is 9.77. The molecule has 0 aliphatic heterocycles. The highest BCUT2D eigenvalue weighted by atomic mass is 14.5. The standard InChI is InChI=1S/C53H44.C50H38/c1-32(2)41-28-42(39-20-19-37-26-36(17-18-38(37)27-39)35-16-15-33-11-7-8-12-34(33)25-35)30-43(29-41)40-21-22-45-49(31-40)53(5,6)48-24-23-47-50(51(45)48)44-13-9-10-14-46(44)52(47,3)4;1-49(2)45-25-24-41-40-16-10-11-17-44(40)50(3,4)48(41)47(45)42-23-22-36(30-46(42)49)43-29-38(28-35-14-8-9-15-39(35)43)34-21-19-32-18-20-33(26-37(32)27-34)31-12-6-5-7-13-31/h7-32H,1-6H3;5-30H,1-4H3. The summed E-state index contributed by atoms with van der Waals surface area (Å²) in [6.07, 6.45) is 0. The van der Waals surface area contributed by atoms with Crippen LogP contribution in [-0.4, -0.2) is 0 Å². The molecule has 0 heteroatoms. The van der Waals surface area contributed by atoms with Gasteiger partial charge >= 0.3 is 0 Å². The third kappa shape index (κ3) is 9.77. The zero-order valence-electron chi connectivity index (χ0n) is 60.5. The van der Waals surface area contributed by atoms with E-state index >= 15 is 0 Å². The van der Waals surface area contributed by atoms with Gasteiger partial charge in [-0.05, 0) is 271 Å². The Bertz CT molecular complexity index is 6260. The fraction of sp³-hybridized carbons (Fsp3) is 0.146. The summed E-state index contributed by atoms with van der Waals surface area (Å²) in [7, 11) is 0. The maximum atomic E-state index is 2.49. The summed E-state index contributed by atoms with van der Waals surface area (Å²) < 4.78 is 0. The van der Waals surface area contributed by atoms with Crippen molar-refractivity contribution in [2.45, 2.75) is 96.8 Å². The molecule has 0 N–H and O–H groups in total. The summed E-state index contributed by atoms with van der Waals surface area (Å²) >= 11 is 0. The van der Waals surface area contributed by atoms with Crippen molar-refractivity contribution in [2.75, 3.05) is 0 Å². The second-order valence-electron chi connectivity index (χ2n) is 32.2. The fourth-order valence-electron chi connectivity index (χ4n) is 18.7. The Morgan fingerprint density at radius 1 is 0.194 bits per heavy atom. The van der Waals surface area contributed by atoms with Gasteiger partial charge < -0.3 is 0 Å². The Hall–Kier alpha value is -11.4. The molecule has 0 spiro atoms. The van der Waals surface area contributed by atoms with E-state index in [1.54, 1.807) is 0 Å². The predicted molar refractivity (Wildman–Crippen MR) is 440 cm³/mol. The van der Waals surface area contributed by atoms with Gasteiger partial charge in [-0.1, -0.05) is 318 Å². The molecule has 4 aliphatic rings. The van der Waals surface area contributed by atoms with Crippen LogP contribution in [0.5, 0.6) is 0 Å². The van der Waals surface area contributed by atoms with Crippen molar-refractivity contribution in [1.29, 1.82) is 0 Å². The highest BCUT2D eigenvalue weighted by molar-refractivity contribution is 6.04. The van der Waals surface area contributed by atoms with Crippen molar-refractivity contribution in [2.24, 2.45) is 0 Å². The minimum absolute atomic E-state index is 0.0102. The normalized spacial score (nSPS) is 14.7. The second kappa shape index (κ2) is 23.0. The first-order chi connectivity index (χ1) is 49.9. The number of hydrogen-bond acceptors (Lipinski definition) is 0. The van der Waals surface area contributed by atoms with E-state index in [2.05, 4.69) is 379 Å². The maximum Gasteiger partial charge on any atom is 0.0165 e. The summed E-state index contributed by atoms with van der Waals surface area (Å²) in [6.45, 7) is 23.8. The molecule has 0 saturated heterocycles. The smallest absolute Gasteiger partial charge is 0.0165 e. The first-order valence-corrected chi connectivity index (χ1v) is 37.0. The van der Waals surface area contributed by atoms with Crippen LogP contribution in [0.25, 0.3) is 154 Å². The average molecular weight is 1320 g/mol. The number of rotatable bonds is 7. The van der Waals surface area contributed by atoms with Gasteiger partial charge in [0.2, 0.25) is 0 Å². The SMILES string of the molecule is CC(C)c1cc(-c2ccc3c(c2)C(C)(C)c2ccc4c(c2-3)-c2ccccc2C4(C)C)cc(-c2ccc3cc(-c4ccc5ccccc5c4)ccc3c2)c1.CC1(C)c2cc(-c3cc(-c4ccc5ccc(-c6ccccc6)cc5c4)cc4ccccc34)ccc2-c2c1ccc1c2C(C)(C)c2ccccc2-1. The molecule has 0 heterocycles. The second-order valence-corrected chi connectivity index (χ2v) is 32.2. The van der Waals surface area contributed by atoms with Crippen molar-refractivity contribution >= 4 is 43.1 Å². The average Bonchev–Trinajstić information content (AvgIpc) is 1.54. The van der Waals surface area contributed by atoms with E-state index in [9.17, 15) is 0 Å². The van der Waals surface area contributed by atoms with Crippen molar-refractivity contribution < 1.29 is 0 Å². The van der Waals surface area contributed by atoms with E-state index in [1.807, 2.05) is 0 Å². The zero-order chi connectivity index (χ0) is 70.0. The largest absolute Gasteiger partial charge is 0.0622 e. The van der Waals surface area contributed by atoms with Gasteiger partial charge in [0, 0.05) is 21.7 Å². The number of hydrogen-bond donors (Lipinski definition) is 0. The van der Waals surface area contributed by atoms with Gasteiger partial charge in [0.25, 0.3) is 0 Å². The molecule has 103 heavy (non-hydrogen) atoms. The van der Waals surface area contributed by atoms with Crippen molar-refractivity contribution in [3.63, 3.8) is 0 Å². The summed E-state index contributed by atoms with van der Waals surface area (Å²) in [6, 6.07) is 117. The first-order valence-electron chi connectivity index (χ1n) is 37.0. The Balaban J connectivity index is 0.000000142. The third-order valence-electron chi connectivity index (χ3n) is 24.4. The lowest BCUT2D eigenvalue weighted by molar-refractivity contribution is 0.647. The first kappa shape index (κ1) is 62.6. The Morgan fingerprint density at radius 2 is 0.573 bits per heavy atom. The van der Waals surface area contributed by atoms with E-state index in [0.717, 1.165) is 0 Å². The summed E-state index contributed by atoms with van der Waals surface area (Å²) in [5.41, 5.74) is 39.0. The molecular weight excluding hydrogens is 1240 g/mol. The molecule has 0 bridgehead atoms. The lowest BCUT2D eigenvalue weighted by Crippen LogP contribution is -2.18. The van der Waals surface area contributed by atoms with Crippen LogP contribution in [0.15, 0.2) is 309 Å². The van der Waals surface area contributed by atoms with Crippen LogP contribution >= 0.6 is 0 Å². The fourth-order valence-corrected chi connectivity index (χ4v) is 18.7. The molecule has 16 aromatic rings. The van der Waals surface area contributed by atoms with E-state index < -0.39 is 0 Å². The van der Waals surface area contributed by atoms with Crippen LogP contribution in [-0.2, 0) is 21.7 Å². The van der Waals surface area contributed by atoms with E-state index in [-0.39, 0.29) is 21.7 Å².